The number of piperazine rings is 1. The fourth-order valence-electron chi connectivity index (χ4n) is 3.81. The molecule has 9 heteroatoms. The van der Waals surface area contributed by atoms with Gasteiger partial charge in [-0.2, -0.15) is 0 Å². The first-order chi connectivity index (χ1) is 15.9. The Morgan fingerprint density at radius 3 is 2.39 bits per heavy atom. The average Bonchev–Trinajstić information content (AvgIpc) is 2.80. The summed E-state index contributed by atoms with van der Waals surface area (Å²) >= 11 is 0. The molecule has 2 aromatic heterocycles. The van der Waals surface area contributed by atoms with E-state index in [1.165, 1.54) is 6.20 Å². The number of nitrogens with zero attached hydrogens (tertiary/aromatic N) is 5. The first kappa shape index (κ1) is 22.5. The second-order valence-corrected chi connectivity index (χ2v) is 8.54. The van der Waals surface area contributed by atoms with E-state index in [0.29, 0.717) is 28.8 Å². The van der Waals surface area contributed by atoms with Crippen molar-refractivity contribution in [3.63, 3.8) is 0 Å². The molecule has 0 unspecified atom stereocenters. The molecule has 0 spiro atoms. The van der Waals surface area contributed by atoms with Gasteiger partial charge in [-0.25, -0.2) is 4.98 Å². The first-order valence-corrected chi connectivity index (χ1v) is 11.1. The molecule has 1 aliphatic rings. The van der Waals surface area contributed by atoms with Gasteiger partial charge < -0.3 is 26.2 Å². The number of aromatic nitrogens is 3. The Balaban J connectivity index is 1.54. The number of carbonyl (C=O) groups excluding carboxylic acids is 1. The van der Waals surface area contributed by atoms with Crippen molar-refractivity contribution in [1.82, 2.24) is 20.1 Å². The minimum atomic E-state index is -0.546. The third kappa shape index (κ3) is 5.38. The van der Waals surface area contributed by atoms with Gasteiger partial charge in [0.2, 0.25) is 0 Å². The number of carbonyl (C=O) groups is 1. The van der Waals surface area contributed by atoms with E-state index in [-0.39, 0.29) is 0 Å². The number of primary amides is 1. The molecule has 1 aromatic carbocycles. The van der Waals surface area contributed by atoms with Gasteiger partial charge in [0.25, 0.3) is 5.91 Å². The predicted molar refractivity (Wildman–Crippen MR) is 132 cm³/mol. The van der Waals surface area contributed by atoms with E-state index in [0.717, 1.165) is 43.2 Å². The summed E-state index contributed by atoms with van der Waals surface area (Å²) < 4.78 is 0. The molecule has 1 aliphatic heterocycles. The lowest BCUT2D eigenvalue weighted by Gasteiger charge is -2.32. The Morgan fingerprint density at radius 1 is 0.970 bits per heavy atom. The van der Waals surface area contributed by atoms with Crippen LogP contribution < -0.4 is 21.3 Å². The molecule has 1 fully saturated rings. The molecular formula is C24H30N8O. The van der Waals surface area contributed by atoms with Crippen LogP contribution in [0.2, 0.25) is 0 Å². The van der Waals surface area contributed by atoms with E-state index in [4.69, 9.17) is 5.73 Å². The van der Waals surface area contributed by atoms with Gasteiger partial charge in [0, 0.05) is 44.1 Å². The Bertz CT molecular complexity index is 1110. The lowest BCUT2D eigenvalue weighted by Crippen LogP contribution is -2.44. The van der Waals surface area contributed by atoms with Crippen molar-refractivity contribution in [2.75, 3.05) is 48.8 Å². The lowest BCUT2D eigenvalue weighted by molar-refractivity contribution is 0.100. The van der Waals surface area contributed by atoms with Crippen LogP contribution in [0.5, 0.6) is 0 Å². The highest BCUT2D eigenvalue weighted by atomic mass is 16.1. The molecule has 4 N–H and O–H groups in total. The molecular weight excluding hydrogens is 416 g/mol. The van der Waals surface area contributed by atoms with Crippen molar-refractivity contribution >= 4 is 34.7 Å². The van der Waals surface area contributed by atoms with Crippen LogP contribution in [0.25, 0.3) is 0 Å². The van der Waals surface area contributed by atoms with Gasteiger partial charge in [0.05, 0.1) is 11.3 Å². The first-order valence-electron chi connectivity index (χ1n) is 11.1. The molecule has 1 amide bonds. The Kier molecular flexibility index (Phi) is 6.69. The van der Waals surface area contributed by atoms with E-state index in [9.17, 15) is 4.79 Å². The second-order valence-electron chi connectivity index (χ2n) is 8.54. The topological polar surface area (TPSA) is 112 Å². The van der Waals surface area contributed by atoms with Crippen LogP contribution in [0.3, 0.4) is 0 Å². The highest BCUT2D eigenvalue weighted by Gasteiger charge is 2.16. The summed E-state index contributed by atoms with van der Waals surface area (Å²) in [6.45, 7) is 8.13. The van der Waals surface area contributed by atoms with Crippen molar-refractivity contribution in [2.24, 2.45) is 5.73 Å². The monoisotopic (exact) mass is 446 g/mol. The van der Waals surface area contributed by atoms with Crippen LogP contribution in [-0.4, -0.2) is 59.2 Å². The largest absolute Gasteiger partial charge is 0.365 e. The fourth-order valence-corrected chi connectivity index (χ4v) is 3.81. The zero-order chi connectivity index (χ0) is 23.4. The predicted octanol–water partition coefficient (Wildman–Crippen LogP) is 3.33. The van der Waals surface area contributed by atoms with Crippen molar-refractivity contribution in [3.05, 3.63) is 59.8 Å². The van der Waals surface area contributed by atoms with Crippen LogP contribution in [0.1, 0.15) is 35.7 Å². The Hall–Kier alpha value is -3.72. The van der Waals surface area contributed by atoms with E-state index in [1.807, 2.05) is 30.3 Å². The zero-order valence-electron chi connectivity index (χ0n) is 19.2. The van der Waals surface area contributed by atoms with Crippen LogP contribution in [0, 0.1) is 0 Å². The van der Waals surface area contributed by atoms with Gasteiger partial charge in [-0.15, -0.1) is 10.2 Å². The van der Waals surface area contributed by atoms with Crippen LogP contribution >= 0.6 is 0 Å². The number of likely N-dealkylation sites (N-methyl/N-ethyl adjacent to an activating group) is 1. The molecule has 3 heterocycles. The summed E-state index contributed by atoms with van der Waals surface area (Å²) in [5.74, 6) is 1.74. The summed E-state index contributed by atoms with van der Waals surface area (Å²) in [5.41, 5.74) is 8.55. The second kappa shape index (κ2) is 9.83. The normalized spacial score (nSPS) is 14.4. The minimum absolute atomic E-state index is 0.315. The number of rotatable bonds is 7. The quantitative estimate of drug-likeness (QED) is 0.507. The number of amides is 1. The fraction of sp³-hybridized carbons (Fsp3) is 0.333. The summed E-state index contributed by atoms with van der Waals surface area (Å²) in [4.78, 5) is 20.9. The van der Waals surface area contributed by atoms with Crippen LogP contribution in [0.15, 0.2) is 48.7 Å². The minimum Gasteiger partial charge on any atom is -0.365 e. The smallest absolute Gasteiger partial charge is 0.252 e. The number of nitrogens with two attached hydrogens (primary N) is 1. The maximum atomic E-state index is 12.0. The zero-order valence-corrected chi connectivity index (χ0v) is 19.2. The molecule has 0 saturated carbocycles. The SMILES string of the molecule is CC(C)c1ccccc1Nc1cc(Nc2ccc(N3CCN(C)CC3)nn2)ncc1C(N)=O. The number of hydrogen-bond donors (Lipinski definition) is 3. The van der Waals surface area contributed by atoms with Gasteiger partial charge in [-0.1, -0.05) is 32.0 Å². The summed E-state index contributed by atoms with van der Waals surface area (Å²) in [7, 11) is 2.12. The molecule has 0 aliphatic carbocycles. The van der Waals surface area contributed by atoms with E-state index >= 15 is 0 Å². The third-order valence-electron chi connectivity index (χ3n) is 5.76. The maximum Gasteiger partial charge on any atom is 0.252 e. The van der Waals surface area contributed by atoms with Crippen molar-refractivity contribution in [3.8, 4) is 0 Å². The number of anilines is 5. The molecule has 172 valence electrons. The summed E-state index contributed by atoms with van der Waals surface area (Å²) in [6.07, 6.45) is 1.47. The molecule has 1 saturated heterocycles. The number of benzene rings is 1. The molecule has 4 rings (SSSR count). The number of para-hydroxylation sites is 1. The molecule has 0 radical (unpaired) electrons. The molecule has 0 bridgehead atoms. The molecule has 33 heavy (non-hydrogen) atoms. The molecule has 0 atom stereocenters. The average molecular weight is 447 g/mol. The van der Waals surface area contributed by atoms with E-state index in [2.05, 4.69) is 62.6 Å². The molecule has 9 nitrogen and oxygen atoms in total. The van der Waals surface area contributed by atoms with Gasteiger partial charge in [0.15, 0.2) is 11.6 Å². The number of pyridine rings is 1. The van der Waals surface area contributed by atoms with Crippen LogP contribution in [0.4, 0.5) is 28.8 Å². The van der Waals surface area contributed by atoms with Crippen LogP contribution in [-0.2, 0) is 0 Å². The molecule has 3 aromatic rings. The Morgan fingerprint density at radius 2 is 1.73 bits per heavy atom. The van der Waals surface area contributed by atoms with Gasteiger partial charge in [-0.05, 0) is 36.7 Å². The van der Waals surface area contributed by atoms with E-state index in [1.54, 1.807) is 6.07 Å². The van der Waals surface area contributed by atoms with Gasteiger partial charge in [0.1, 0.15) is 5.82 Å². The highest BCUT2D eigenvalue weighted by Crippen LogP contribution is 2.30. The number of nitrogens with one attached hydrogen (secondary N) is 2. The number of hydrogen-bond acceptors (Lipinski definition) is 8. The summed E-state index contributed by atoms with van der Waals surface area (Å²) in [6, 6.07) is 13.6. The third-order valence-corrected chi connectivity index (χ3v) is 5.76. The highest BCUT2D eigenvalue weighted by molar-refractivity contribution is 5.99. The van der Waals surface area contributed by atoms with Gasteiger partial charge >= 0.3 is 0 Å². The summed E-state index contributed by atoms with van der Waals surface area (Å²) in [5, 5.41) is 15.2. The van der Waals surface area contributed by atoms with Crippen molar-refractivity contribution in [2.45, 2.75) is 19.8 Å². The van der Waals surface area contributed by atoms with E-state index < -0.39 is 5.91 Å². The Labute approximate surface area is 194 Å². The van der Waals surface area contributed by atoms with Crippen molar-refractivity contribution in [1.29, 1.82) is 0 Å². The standard InChI is InChI=1S/C24H30N8O/c1-16(2)17-6-4-5-7-19(17)27-20-14-22(26-15-18(20)24(25)33)28-21-8-9-23(30-29-21)32-12-10-31(3)11-13-32/h4-9,14-16H,10-13H2,1-3H3,(H2,25,33)(H2,26,27,28,29). The maximum absolute atomic E-state index is 12.0. The van der Waals surface area contributed by atoms with Crippen molar-refractivity contribution < 1.29 is 4.79 Å². The lowest BCUT2D eigenvalue weighted by atomic mass is 10.0. The van der Waals surface area contributed by atoms with Gasteiger partial charge in [-0.3, -0.25) is 4.79 Å².